The van der Waals surface area contributed by atoms with E-state index in [1.807, 2.05) is 31.2 Å². The molecule has 1 saturated carbocycles. The SMILES string of the molecule is COc1ccc(C(C)NC(=O)C2(N)CC2)cc1. The van der Waals surface area contributed by atoms with E-state index in [0.717, 1.165) is 24.2 Å². The van der Waals surface area contributed by atoms with Gasteiger partial charge < -0.3 is 15.8 Å². The lowest BCUT2D eigenvalue weighted by Gasteiger charge is -2.17. The number of benzene rings is 1. The highest BCUT2D eigenvalue weighted by Crippen LogP contribution is 2.33. The molecule has 0 bridgehead atoms. The first-order chi connectivity index (χ1) is 8.05. The minimum Gasteiger partial charge on any atom is -0.497 e. The molecular weight excluding hydrogens is 216 g/mol. The fraction of sp³-hybridized carbons (Fsp3) is 0.462. The number of carbonyl (C=O) groups excluding carboxylic acids is 1. The van der Waals surface area contributed by atoms with Crippen LogP contribution in [-0.4, -0.2) is 18.6 Å². The van der Waals surface area contributed by atoms with Gasteiger partial charge in [-0.3, -0.25) is 4.79 Å². The highest BCUT2D eigenvalue weighted by atomic mass is 16.5. The average molecular weight is 234 g/mol. The molecule has 1 amide bonds. The summed E-state index contributed by atoms with van der Waals surface area (Å²) in [6.07, 6.45) is 1.57. The molecule has 17 heavy (non-hydrogen) atoms. The number of hydrogen-bond acceptors (Lipinski definition) is 3. The van der Waals surface area contributed by atoms with E-state index in [1.54, 1.807) is 7.11 Å². The van der Waals surface area contributed by atoms with Gasteiger partial charge in [-0.05, 0) is 37.5 Å². The summed E-state index contributed by atoms with van der Waals surface area (Å²) in [5.41, 5.74) is 6.26. The van der Waals surface area contributed by atoms with Crippen LogP contribution in [0.2, 0.25) is 0 Å². The van der Waals surface area contributed by atoms with Crippen molar-refractivity contribution in [1.82, 2.24) is 5.32 Å². The highest BCUT2D eigenvalue weighted by Gasteiger charge is 2.46. The van der Waals surface area contributed by atoms with Gasteiger partial charge in [0.15, 0.2) is 0 Å². The number of rotatable bonds is 4. The zero-order chi connectivity index (χ0) is 12.5. The summed E-state index contributed by atoms with van der Waals surface area (Å²) in [6, 6.07) is 7.62. The van der Waals surface area contributed by atoms with Gasteiger partial charge in [-0.2, -0.15) is 0 Å². The predicted molar refractivity (Wildman–Crippen MR) is 65.7 cm³/mol. The van der Waals surface area contributed by atoms with Gasteiger partial charge >= 0.3 is 0 Å². The van der Waals surface area contributed by atoms with E-state index < -0.39 is 5.54 Å². The Hall–Kier alpha value is -1.55. The van der Waals surface area contributed by atoms with E-state index in [4.69, 9.17) is 10.5 Å². The van der Waals surface area contributed by atoms with Gasteiger partial charge in [0.05, 0.1) is 18.7 Å². The summed E-state index contributed by atoms with van der Waals surface area (Å²) >= 11 is 0. The normalized spacial score (nSPS) is 18.3. The van der Waals surface area contributed by atoms with Gasteiger partial charge in [-0.15, -0.1) is 0 Å². The second-order valence-electron chi connectivity index (χ2n) is 4.62. The molecule has 3 N–H and O–H groups in total. The maximum atomic E-state index is 11.8. The van der Waals surface area contributed by atoms with Gasteiger partial charge in [0.2, 0.25) is 5.91 Å². The van der Waals surface area contributed by atoms with E-state index in [0.29, 0.717) is 0 Å². The first-order valence-electron chi connectivity index (χ1n) is 5.79. The quantitative estimate of drug-likeness (QED) is 0.826. The summed E-state index contributed by atoms with van der Waals surface area (Å²) in [5, 5.41) is 2.93. The Morgan fingerprint density at radius 3 is 2.47 bits per heavy atom. The number of ether oxygens (including phenoxy) is 1. The summed E-state index contributed by atoms with van der Waals surface area (Å²) in [6.45, 7) is 1.95. The van der Waals surface area contributed by atoms with Crippen LogP contribution in [0.15, 0.2) is 24.3 Å². The van der Waals surface area contributed by atoms with Gasteiger partial charge in [0.1, 0.15) is 5.75 Å². The van der Waals surface area contributed by atoms with Crippen LogP contribution < -0.4 is 15.8 Å². The fourth-order valence-corrected chi connectivity index (χ4v) is 1.68. The molecule has 0 heterocycles. The fourth-order valence-electron chi connectivity index (χ4n) is 1.68. The molecule has 1 fully saturated rings. The monoisotopic (exact) mass is 234 g/mol. The largest absolute Gasteiger partial charge is 0.497 e. The zero-order valence-electron chi connectivity index (χ0n) is 10.2. The van der Waals surface area contributed by atoms with Crippen molar-refractivity contribution in [2.45, 2.75) is 31.3 Å². The van der Waals surface area contributed by atoms with Gasteiger partial charge in [0.25, 0.3) is 0 Å². The average Bonchev–Trinajstić information content (AvgIpc) is 3.09. The van der Waals surface area contributed by atoms with Gasteiger partial charge in [-0.25, -0.2) is 0 Å². The van der Waals surface area contributed by atoms with Crippen molar-refractivity contribution >= 4 is 5.91 Å². The molecule has 1 aliphatic rings. The molecular formula is C13H18N2O2. The maximum Gasteiger partial charge on any atom is 0.240 e. The third kappa shape index (κ3) is 2.58. The zero-order valence-corrected chi connectivity index (χ0v) is 10.2. The lowest BCUT2D eigenvalue weighted by Crippen LogP contribution is -2.43. The van der Waals surface area contributed by atoms with E-state index in [9.17, 15) is 4.79 Å². The van der Waals surface area contributed by atoms with E-state index in [2.05, 4.69) is 5.32 Å². The number of hydrogen-bond donors (Lipinski definition) is 2. The van der Waals surface area contributed by atoms with Crippen LogP contribution in [0.3, 0.4) is 0 Å². The van der Waals surface area contributed by atoms with Gasteiger partial charge in [-0.1, -0.05) is 12.1 Å². The number of nitrogens with one attached hydrogen (secondary N) is 1. The second-order valence-corrected chi connectivity index (χ2v) is 4.62. The van der Waals surface area contributed by atoms with Crippen LogP contribution in [0.25, 0.3) is 0 Å². The highest BCUT2D eigenvalue weighted by molar-refractivity contribution is 5.89. The van der Waals surface area contributed by atoms with Crippen LogP contribution in [0.1, 0.15) is 31.4 Å². The molecule has 1 atom stereocenters. The van der Waals surface area contributed by atoms with Crippen LogP contribution in [-0.2, 0) is 4.79 Å². The van der Waals surface area contributed by atoms with Crippen molar-refractivity contribution in [2.75, 3.05) is 7.11 Å². The van der Waals surface area contributed by atoms with E-state index in [-0.39, 0.29) is 11.9 Å². The lowest BCUT2D eigenvalue weighted by atomic mass is 10.1. The molecule has 0 saturated heterocycles. The van der Waals surface area contributed by atoms with Crippen LogP contribution in [0, 0.1) is 0 Å². The first kappa shape index (κ1) is 11.9. The third-order valence-electron chi connectivity index (χ3n) is 3.20. The topological polar surface area (TPSA) is 64.3 Å². The Kier molecular flexibility index (Phi) is 3.07. The number of amides is 1. The lowest BCUT2D eigenvalue weighted by molar-refractivity contribution is -0.123. The minimum atomic E-state index is -0.610. The third-order valence-corrected chi connectivity index (χ3v) is 3.20. The summed E-state index contributed by atoms with van der Waals surface area (Å²) in [5.74, 6) is 0.755. The second kappa shape index (κ2) is 4.37. The molecule has 4 nitrogen and oxygen atoms in total. The Morgan fingerprint density at radius 1 is 1.41 bits per heavy atom. The molecule has 0 radical (unpaired) electrons. The van der Waals surface area contributed by atoms with Crippen molar-refractivity contribution in [3.8, 4) is 5.75 Å². The Balaban J connectivity index is 1.99. The van der Waals surface area contributed by atoms with Crippen molar-refractivity contribution in [1.29, 1.82) is 0 Å². The molecule has 0 aliphatic heterocycles. The van der Waals surface area contributed by atoms with Crippen LogP contribution in [0.5, 0.6) is 5.75 Å². The van der Waals surface area contributed by atoms with Crippen molar-refractivity contribution in [3.63, 3.8) is 0 Å². The molecule has 1 unspecified atom stereocenters. The van der Waals surface area contributed by atoms with Crippen molar-refractivity contribution < 1.29 is 9.53 Å². The molecule has 0 spiro atoms. The number of nitrogens with two attached hydrogens (primary N) is 1. The van der Waals surface area contributed by atoms with E-state index in [1.165, 1.54) is 0 Å². The van der Waals surface area contributed by atoms with Crippen LogP contribution >= 0.6 is 0 Å². The molecule has 1 aromatic carbocycles. The van der Waals surface area contributed by atoms with E-state index >= 15 is 0 Å². The predicted octanol–water partition coefficient (Wildman–Crippen LogP) is 1.36. The molecule has 1 aliphatic carbocycles. The summed E-state index contributed by atoms with van der Waals surface area (Å²) in [4.78, 5) is 11.8. The van der Waals surface area contributed by atoms with Crippen molar-refractivity contribution in [2.24, 2.45) is 5.73 Å². The molecule has 1 aromatic rings. The molecule has 92 valence electrons. The standard InChI is InChI=1S/C13H18N2O2/c1-9(15-12(16)13(14)7-8-13)10-3-5-11(17-2)6-4-10/h3-6,9H,7-8,14H2,1-2H3,(H,15,16). The minimum absolute atomic E-state index is 0.0329. The Bertz CT molecular complexity index is 410. The molecule has 0 aromatic heterocycles. The summed E-state index contributed by atoms with van der Waals surface area (Å²) < 4.78 is 5.09. The Labute approximate surface area is 101 Å². The van der Waals surface area contributed by atoms with Gasteiger partial charge in [0, 0.05) is 0 Å². The van der Waals surface area contributed by atoms with Crippen LogP contribution in [0.4, 0.5) is 0 Å². The number of carbonyl (C=O) groups is 1. The first-order valence-corrected chi connectivity index (χ1v) is 5.79. The number of methoxy groups -OCH3 is 1. The Morgan fingerprint density at radius 2 is 2.00 bits per heavy atom. The smallest absolute Gasteiger partial charge is 0.240 e. The van der Waals surface area contributed by atoms with Crippen molar-refractivity contribution in [3.05, 3.63) is 29.8 Å². The summed E-state index contributed by atoms with van der Waals surface area (Å²) in [7, 11) is 1.63. The maximum absolute atomic E-state index is 11.8. The molecule has 2 rings (SSSR count). The molecule has 4 heteroatoms.